The van der Waals surface area contributed by atoms with Crippen molar-refractivity contribution in [3.8, 4) is 0 Å². The molecule has 1 aromatic carbocycles. The van der Waals surface area contributed by atoms with Crippen LogP contribution in [0, 0.1) is 11.8 Å². The van der Waals surface area contributed by atoms with Gasteiger partial charge in [-0.25, -0.2) is 8.42 Å². The van der Waals surface area contributed by atoms with Gasteiger partial charge in [0.15, 0.2) is 9.84 Å². The average Bonchev–Trinajstić information content (AvgIpc) is 3.27. The summed E-state index contributed by atoms with van der Waals surface area (Å²) < 4.78 is 63.2. The molecule has 2 aromatic rings. The van der Waals surface area contributed by atoms with Gasteiger partial charge in [0.05, 0.1) is 46.5 Å². The summed E-state index contributed by atoms with van der Waals surface area (Å²) in [5, 5.41) is 12.7. The molecule has 0 spiro atoms. The summed E-state index contributed by atoms with van der Waals surface area (Å²) >= 11 is 0. The molecule has 2 atom stereocenters. The van der Waals surface area contributed by atoms with Crippen molar-refractivity contribution in [1.29, 1.82) is 0 Å². The van der Waals surface area contributed by atoms with Gasteiger partial charge in [0.1, 0.15) is 0 Å². The number of hydrogen-bond acceptors (Lipinski definition) is 6. The van der Waals surface area contributed by atoms with E-state index in [2.05, 4.69) is 21.8 Å². The minimum Gasteiger partial charge on any atom is -0.394 e. The van der Waals surface area contributed by atoms with Gasteiger partial charge in [0, 0.05) is 19.3 Å². The number of carbonyl (C=O) groups excluding carboxylic acids is 1. The summed E-state index contributed by atoms with van der Waals surface area (Å²) in [6.45, 7) is 6.24. The van der Waals surface area contributed by atoms with Crippen LogP contribution in [-0.2, 0) is 16.4 Å². The number of rotatable bonds is 9. The standard InChI is InChI=1S/C28H34F3N3O4S/c1-3-25-26-21(16-34(25)15-18-5-9-22(10-6-18)28(29,30)31)13-20(14-32-26)27(36)33-24(17-35)19-7-11-23(12-8-19)39(37,38)4-2/h3,7-8,11-14,18,22,24-25,35H,1,4-6,9-10,15-17H2,2H3,(H,33,36)/t18?,22?,24-,25?/m0/s1. The Morgan fingerprint density at radius 3 is 2.46 bits per heavy atom. The number of benzene rings is 1. The van der Waals surface area contributed by atoms with Crippen LogP contribution in [0.25, 0.3) is 0 Å². The maximum absolute atomic E-state index is 13.0. The molecule has 1 fully saturated rings. The van der Waals surface area contributed by atoms with Crippen molar-refractivity contribution >= 4 is 15.7 Å². The van der Waals surface area contributed by atoms with Crippen molar-refractivity contribution in [1.82, 2.24) is 15.2 Å². The lowest BCUT2D eigenvalue weighted by Gasteiger charge is -2.33. The van der Waals surface area contributed by atoms with Crippen molar-refractivity contribution in [2.45, 2.75) is 62.3 Å². The smallest absolute Gasteiger partial charge is 0.391 e. The highest BCUT2D eigenvalue weighted by atomic mass is 32.2. The fourth-order valence-electron chi connectivity index (χ4n) is 5.52. The van der Waals surface area contributed by atoms with E-state index >= 15 is 0 Å². The Balaban J connectivity index is 1.41. The monoisotopic (exact) mass is 565 g/mol. The van der Waals surface area contributed by atoms with Crippen molar-refractivity contribution in [3.63, 3.8) is 0 Å². The largest absolute Gasteiger partial charge is 0.394 e. The lowest BCUT2D eigenvalue weighted by molar-refractivity contribution is -0.184. The number of hydrogen-bond donors (Lipinski definition) is 2. The number of alkyl halides is 3. The van der Waals surface area contributed by atoms with Crippen LogP contribution in [0.2, 0.25) is 0 Å². The van der Waals surface area contributed by atoms with Crippen LogP contribution in [0.4, 0.5) is 13.2 Å². The molecular formula is C28H34F3N3O4S. The molecule has 11 heteroatoms. The van der Waals surface area contributed by atoms with Crippen molar-refractivity contribution in [3.05, 3.63) is 71.6 Å². The molecule has 1 unspecified atom stereocenters. The number of sulfone groups is 1. The zero-order chi connectivity index (χ0) is 28.4. The molecule has 1 aliphatic carbocycles. The predicted octanol–water partition coefficient (Wildman–Crippen LogP) is 4.75. The van der Waals surface area contributed by atoms with Gasteiger partial charge in [0.25, 0.3) is 5.91 Å². The molecule has 4 rings (SSSR count). The summed E-state index contributed by atoms with van der Waals surface area (Å²) in [6, 6.07) is 6.88. The first-order chi connectivity index (χ1) is 18.5. The van der Waals surface area contributed by atoms with Crippen LogP contribution < -0.4 is 5.32 Å². The molecule has 2 aliphatic rings. The van der Waals surface area contributed by atoms with Crippen LogP contribution in [-0.4, -0.2) is 54.4 Å². The number of fused-ring (bicyclic) bond motifs is 1. The van der Waals surface area contributed by atoms with E-state index in [0.717, 1.165) is 11.3 Å². The first-order valence-electron chi connectivity index (χ1n) is 13.1. The summed E-state index contributed by atoms with van der Waals surface area (Å²) in [5.74, 6) is -1.52. The molecule has 2 N–H and O–H groups in total. The van der Waals surface area contributed by atoms with E-state index < -0.39 is 33.9 Å². The highest BCUT2D eigenvalue weighted by Crippen LogP contribution is 2.41. The SMILES string of the molecule is C=CC1c2ncc(C(=O)N[C@@H](CO)c3ccc(S(=O)(=O)CC)cc3)cc2CN1CC1CCC(C(F)(F)F)CC1. The molecule has 7 nitrogen and oxygen atoms in total. The summed E-state index contributed by atoms with van der Waals surface area (Å²) in [4.78, 5) is 19.9. The zero-order valence-electron chi connectivity index (χ0n) is 21.8. The Morgan fingerprint density at radius 2 is 1.90 bits per heavy atom. The van der Waals surface area contributed by atoms with Gasteiger partial charge in [-0.1, -0.05) is 25.1 Å². The van der Waals surface area contributed by atoms with Crippen molar-refractivity contribution < 1.29 is 31.5 Å². The number of aromatic nitrogens is 1. The molecule has 212 valence electrons. The first-order valence-corrected chi connectivity index (χ1v) is 14.8. The first kappa shape index (κ1) is 29.2. The summed E-state index contributed by atoms with van der Waals surface area (Å²) in [5.41, 5.74) is 2.50. The number of aliphatic hydroxyl groups is 1. The molecule has 1 saturated carbocycles. The Kier molecular flexibility index (Phi) is 8.82. The quantitative estimate of drug-likeness (QED) is 0.426. The van der Waals surface area contributed by atoms with Gasteiger partial charge in [-0.05, 0) is 60.9 Å². The molecule has 1 aromatic heterocycles. The van der Waals surface area contributed by atoms with Crippen LogP contribution in [0.15, 0.2) is 54.1 Å². The van der Waals surface area contributed by atoms with E-state index in [4.69, 9.17) is 0 Å². The lowest BCUT2D eigenvalue weighted by Crippen LogP contribution is -2.33. The molecule has 0 radical (unpaired) electrons. The second-order valence-corrected chi connectivity index (χ2v) is 12.6. The maximum atomic E-state index is 13.0. The van der Waals surface area contributed by atoms with Crippen LogP contribution in [0.5, 0.6) is 0 Å². The maximum Gasteiger partial charge on any atom is 0.391 e. The van der Waals surface area contributed by atoms with Crippen molar-refractivity contribution in [2.24, 2.45) is 11.8 Å². The number of nitrogens with one attached hydrogen (secondary N) is 1. The molecule has 1 amide bonds. The number of halogens is 3. The third-order valence-electron chi connectivity index (χ3n) is 7.85. The number of amides is 1. The summed E-state index contributed by atoms with van der Waals surface area (Å²) in [6.07, 6.45) is 0.455. The Hall–Kier alpha value is -2.76. The highest BCUT2D eigenvalue weighted by Gasteiger charge is 2.42. The second-order valence-electron chi connectivity index (χ2n) is 10.3. The van der Waals surface area contributed by atoms with Gasteiger partial charge < -0.3 is 10.4 Å². The van der Waals surface area contributed by atoms with Gasteiger partial charge in [-0.2, -0.15) is 13.2 Å². The number of nitrogens with zero attached hydrogens (tertiary/aromatic N) is 2. The van der Waals surface area contributed by atoms with Crippen LogP contribution in [0.1, 0.15) is 71.9 Å². The minimum absolute atomic E-state index is 0.0266. The molecular weight excluding hydrogens is 531 g/mol. The fraction of sp³-hybridized carbons (Fsp3) is 0.500. The molecule has 0 bridgehead atoms. The Labute approximate surface area is 227 Å². The predicted molar refractivity (Wildman–Crippen MR) is 141 cm³/mol. The molecule has 2 heterocycles. The third kappa shape index (κ3) is 6.53. The minimum atomic E-state index is -4.13. The molecule has 0 saturated heterocycles. The average molecular weight is 566 g/mol. The van der Waals surface area contributed by atoms with E-state index in [9.17, 15) is 31.5 Å². The van der Waals surface area contributed by atoms with Gasteiger partial charge >= 0.3 is 6.18 Å². The van der Waals surface area contributed by atoms with E-state index in [1.807, 2.05) is 0 Å². The Morgan fingerprint density at radius 1 is 1.23 bits per heavy atom. The third-order valence-corrected chi connectivity index (χ3v) is 9.60. The number of carbonyl (C=O) groups is 1. The summed E-state index contributed by atoms with van der Waals surface area (Å²) in [7, 11) is -3.36. The lowest BCUT2D eigenvalue weighted by atomic mass is 9.81. The van der Waals surface area contributed by atoms with E-state index in [1.54, 1.807) is 31.2 Å². The number of aliphatic hydroxyl groups excluding tert-OH is 1. The molecule has 39 heavy (non-hydrogen) atoms. The van der Waals surface area contributed by atoms with Gasteiger partial charge in [-0.3, -0.25) is 14.7 Å². The van der Waals surface area contributed by atoms with Gasteiger partial charge in [0.2, 0.25) is 0 Å². The van der Waals surface area contributed by atoms with Crippen LogP contribution >= 0.6 is 0 Å². The zero-order valence-corrected chi connectivity index (χ0v) is 22.6. The normalized spacial score (nSPS) is 22.7. The second kappa shape index (κ2) is 11.8. The van der Waals surface area contributed by atoms with E-state index in [1.165, 1.54) is 18.3 Å². The van der Waals surface area contributed by atoms with Crippen molar-refractivity contribution in [2.75, 3.05) is 18.9 Å². The Bertz CT molecular complexity index is 1290. The highest BCUT2D eigenvalue weighted by molar-refractivity contribution is 7.91. The van der Waals surface area contributed by atoms with E-state index in [0.29, 0.717) is 37.1 Å². The molecule has 1 aliphatic heterocycles. The van der Waals surface area contributed by atoms with Crippen LogP contribution in [0.3, 0.4) is 0 Å². The van der Waals surface area contributed by atoms with E-state index in [-0.39, 0.29) is 42.1 Å². The van der Waals surface area contributed by atoms with Gasteiger partial charge in [-0.15, -0.1) is 6.58 Å². The fourth-order valence-corrected chi connectivity index (χ4v) is 6.41. The number of pyridine rings is 1. The topological polar surface area (TPSA) is 99.6 Å².